The maximum absolute atomic E-state index is 14.1. The molecule has 274 valence electrons. The Kier molecular flexibility index (Phi) is 11.1. The van der Waals surface area contributed by atoms with E-state index in [1.54, 1.807) is 19.1 Å². The van der Waals surface area contributed by atoms with Crippen LogP contribution in [0.1, 0.15) is 78.7 Å². The summed E-state index contributed by atoms with van der Waals surface area (Å²) >= 11 is 0. The van der Waals surface area contributed by atoms with Crippen molar-refractivity contribution in [3.8, 4) is 6.01 Å². The third kappa shape index (κ3) is 7.75. The van der Waals surface area contributed by atoms with Gasteiger partial charge < -0.3 is 19.7 Å². The van der Waals surface area contributed by atoms with E-state index in [4.69, 9.17) is 14.5 Å². The Morgan fingerprint density at radius 1 is 1.18 bits per heavy atom. The van der Waals surface area contributed by atoms with Gasteiger partial charge in [0.1, 0.15) is 23.2 Å². The molecule has 4 amide bonds. The number of rotatable bonds is 8. The van der Waals surface area contributed by atoms with Crippen molar-refractivity contribution in [2.24, 2.45) is 11.8 Å². The molecule has 3 N–H and O–H groups in total. The number of allylic oxidation sites excluding steroid dienone is 1. The van der Waals surface area contributed by atoms with E-state index in [0.29, 0.717) is 23.1 Å². The zero-order chi connectivity index (χ0) is 36.4. The molecule has 3 heterocycles. The molecule has 0 spiro atoms. The van der Waals surface area contributed by atoms with Gasteiger partial charge >= 0.3 is 16.3 Å². The van der Waals surface area contributed by atoms with Crippen LogP contribution in [0.15, 0.2) is 30.4 Å². The number of para-hydroxylation sites is 1. The number of amides is 4. The molecule has 5 atom stereocenters. The first kappa shape index (κ1) is 37.1. The number of hydrogen-bond donors (Lipinski definition) is 3. The Morgan fingerprint density at radius 2 is 1.94 bits per heavy atom. The summed E-state index contributed by atoms with van der Waals surface area (Å²) in [6.07, 6.45) is 7.05. The van der Waals surface area contributed by atoms with Crippen molar-refractivity contribution in [2.45, 2.75) is 96.4 Å². The van der Waals surface area contributed by atoms with E-state index in [0.717, 1.165) is 30.0 Å². The number of anilines is 1. The van der Waals surface area contributed by atoms with Crippen LogP contribution in [0.25, 0.3) is 11.0 Å². The number of aromatic nitrogens is 2. The van der Waals surface area contributed by atoms with E-state index in [1.807, 2.05) is 43.6 Å². The van der Waals surface area contributed by atoms with Crippen molar-refractivity contribution in [1.29, 1.82) is 0 Å². The molecule has 2 aromatic rings. The normalized spacial score (nSPS) is 26.8. The fourth-order valence-electron chi connectivity index (χ4n) is 6.72. The first-order valence-corrected chi connectivity index (χ1v) is 18.8. The van der Waals surface area contributed by atoms with Crippen molar-refractivity contribution in [3.63, 3.8) is 0 Å². The zero-order valence-electron chi connectivity index (χ0n) is 29.6. The van der Waals surface area contributed by atoms with Crippen molar-refractivity contribution in [3.05, 3.63) is 30.4 Å². The van der Waals surface area contributed by atoms with Crippen molar-refractivity contribution < 1.29 is 37.1 Å². The van der Waals surface area contributed by atoms with Crippen LogP contribution >= 0.6 is 0 Å². The number of nitrogens with zero attached hydrogens (tertiary/aromatic N) is 4. The summed E-state index contributed by atoms with van der Waals surface area (Å²) in [4.78, 5) is 60.1. The minimum atomic E-state index is -4.12. The quantitative estimate of drug-likeness (QED) is 0.345. The highest BCUT2D eigenvalue weighted by atomic mass is 32.2. The first-order chi connectivity index (χ1) is 23.7. The number of nitrogens with one attached hydrogen (secondary N) is 3. The van der Waals surface area contributed by atoms with Gasteiger partial charge in [-0.15, -0.1) is 0 Å². The van der Waals surface area contributed by atoms with Gasteiger partial charge in [-0.2, -0.15) is 17.7 Å². The summed E-state index contributed by atoms with van der Waals surface area (Å²) in [5.41, 5.74) is 0.172. The number of carbonyl (C=O) groups is 4. The SMILES string of the molecule is CCOC(=O)Nc1cccc2c1nc(O[C@@H]1C[C@H]3C(=O)N[C@]4(C(=O)NS(=O)(=O)N(C)C)C[C@@H]4/C=C\CCCCC[C@H](C)C(=O)N3C1)n2C(C)C. The topological polar surface area (TPSA) is 181 Å². The van der Waals surface area contributed by atoms with Gasteiger partial charge in [0.05, 0.1) is 24.4 Å². The third-order valence-corrected chi connectivity index (χ3v) is 11.0. The largest absolute Gasteiger partial charge is 0.459 e. The Bertz CT molecular complexity index is 1760. The summed E-state index contributed by atoms with van der Waals surface area (Å²) in [6, 6.07) is 4.57. The second-order valence-corrected chi connectivity index (χ2v) is 15.7. The van der Waals surface area contributed by atoms with E-state index < -0.39 is 51.7 Å². The number of fused-ring (bicyclic) bond motifs is 3. The van der Waals surface area contributed by atoms with Crippen LogP contribution < -0.4 is 20.1 Å². The van der Waals surface area contributed by atoms with Gasteiger partial charge in [0.2, 0.25) is 11.8 Å². The molecule has 1 saturated heterocycles. The molecule has 1 saturated carbocycles. The summed E-state index contributed by atoms with van der Waals surface area (Å²) in [7, 11) is -1.51. The monoisotopic (exact) mass is 715 g/mol. The second-order valence-electron chi connectivity index (χ2n) is 13.8. The van der Waals surface area contributed by atoms with Gasteiger partial charge in [-0.3, -0.25) is 24.3 Å². The maximum atomic E-state index is 14.1. The van der Waals surface area contributed by atoms with E-state index in [2.05, 4.69) is 15.4 Å². The van der Waals surface area contributed by atoms with Gasteiger partial charge in [-0.25, -0.2) is 9.52 Å². The van der Waals surface area contributed by atoms with Crippen LogP contribution in [0.2, 0.25) is 0 Å². The molecule has 2 aliphatic heterocycles. The minimum absolute atomic E-state index is 0.0960. The molecule has 16 heteroatoms. The summed E-state index contributed by atoms with van der Waals surface area (Å²) in [5.74, 6) is -2.33. The predicted octanol–water partition coefficient (Wildman–Crippen LogP) is 3.49. The molecule has 1 aromatic carbocycles. The average molecular weight is 716 g/mol. The third-order valence-electron chi connectivity index (χ3n) is 9.60. The highest BCUT2D eigenvalue weighted by molar-refractivity contribution is 7.87. The predicted molar refractivity (Wildman–Crippen MR) is 186 cm³/mol. The second kappa shape index (κ2) is 15.0. The lowest BCUT2D eigenvalue weighted by molar-refractivity contribution is -0.142. The molecule has 1 aromatic heterocycles. The molecule has 0 unspecified atom stereocenters. The first-order valence-electron chi connectivity index (χ1n) is 17.3. The molecule has 0 bridgehead atoms. The Morgan fingerprint density at radius 3 is 2.64 bits per heavy atom. The van der Waals surface area contributed by atoms with E-state index in [1.165, 1.54) is 19.0 Å². The number of ether oxygens (including phenoxy) is 2. The zero-order valence-corrected chi connectivity index (χ0v) is 30.4. The van der Waals surface area contributed by atoms with Crippen LogP contribution in [-0.4, -0.2) is 95.9 Å². The van der Waals surface area contributed by atoms with Crippen LogP contribution in [0, 0.1) is 11.8 Å². The molecular formula is C34H49N7O8S. The molecule has 1 aliphatic carbocycles. The number of hydrogen-bond acceptors (Lipinski definition) is 9. The van der Waals surface area contributed by atoms with Gasteiger partial charge in [0, 0.05) is 38.4 Å². The van der Waals surface area contributed by atoms with E-state index in [9.17, 15) is 27.6 Å². The molecule has 5 rings (SSSR count). The van der Waals surface area contributed by atoms with Gasteiger partial charge in [-0.1, -0.05) is 38.0 Å². The highest BCUT2D eigenvalue weighted by Gasteiger charge is 2.61. The highest BCUT2D eigenvalue weighted by Crippen LogP contribution is 2.46. The number of carbonyl (C=O) groups excluding carboxylic acids is 4. The molecule has 2 fully saturated rings. The molecule has 50 heavy (non-hydrogen) atoms. The summed E-state index contributed by atoms with van der Waals surface area (Å²) in [5, 5.41) is 5.60. The van der Waals surface area contributed by atoms with Crippen molar-refractivity contribution in [2.75, 3.05) is 32.6 Å². The maximum Gasteiger partial charge on any atom is 0.411 e. The van der Waals surface area contributed by atoms with Crippen LogP contribution in [0.5, 0.6) is 6.01 Å². The standard InChI is InChI=1S/C34H49N7O8S/c1-7-48-33(45)35-25-16-13-17-26-28(25)36-32(41(26)21(2)3)49-24-18-27-29(42)37-34(31(44)38-50(46,47)39(5)6)19-23(34)15-12-10-8-9-11-14-22(4)30(43)40(27)20-24/h12-13,15-17,21-24,27H,7-11,14,18-20H2,1-6H3,(H,35,45)(H,37,42)(H,38,44)/b15-12-/t22-,23-,24+,27-,34+/m0/s1. The van der Waals surface area contributed by atoms with Gasteiger partial charge in [-0.05, 0) is 58.6 Å². The van der Waals surface area contributed by atoms with Crippen LogP contribution in [0.3, 0.4) is 0 Å². The fourth-order valence-corrected chi connectivity index (χ4v) is 7.32. The molecular weight excluding hydrogens is 666 g/mol. The molecule has 3 aliphatic rings. The molecule has 0 radical (unpaired) electrons. The summed E-state index contributed by atoms with van der Waals surface area (Å²) < 4.78 is 41.6. The Balaban J connectivity index is 1.45. The number of benzene rings is 1. The van der Waals surface area contributed by atoms with Crippen LogP contribution in [-0.2, 0) is 29.3 Å². The Hall–Kier alpha value is -4.18. The van der Waals surface area contributed by atoms with Gasteiger partial charge in [0.15, 0.2) is 0 Å². The summed E-state index contributed by atoms with van der Waals surface area (Å²) in [6.45, 7) is 7.83. The fraction of sp³-hybridized carbons (Fsp3) is 0.618. The smallest absolute Gasteiger partial charge is 0.411 e. The van der Waals surface area contributed by atoms with Crippen molar-refractivity contribution >= 4 is 50.7 Å². The lowest BCUT2D eigenvalue weighted by atomic mass is 10.0. The van der Waals surface area contributed by atoms with Crippen LogP contribution in [0.4, 0.5) is 10.5 Å². The van der Waals surface area contributed by atoms with Gasteiger partial charge in [0.25, 0.3) is 11.9 Å². The van der Waals surface area contributed by atoms with Crippen molar-refractivity contribution in [1.82, 2.24) is 28.8 Å². The van der Waals surface area contributed by atoms with E-state index in [-0.39, 0.29) is 49.9 Å². The lowest BCUT2D eigenvalue weighted by Crippen LogP contribution is -2.57. The van der Waals surface area contributed by atoms with E-state index >= 15 is 0 Å². The average Bonchev–Trinajstić information content (AvgIpc) is 3.37. The lowest BCUT2D eigenvalue weighted by Gasteiger charge is -2.28. The number of imidazole rings is 1. The molecule has 15 nitrogen and oxygen atoms in total. The minimum Gasteiger partial charge on any atom is -0.459 e. The Labute approximate surface area is 293 Å².